The summed E-state index contributed by atoms with van der Waals surface area (Å²) in [7, 11) is 0. The zero-order valence-electron chi connectivity index (χ0n) is 16.8. The van der Waals surface area contributed by atoms with Crippen molar-refractivity contribution in [1.29, 1.82) is 0 Å². The number of hydrogen-bond donors (Lipinski definition) is 1. The first-order chi connectivity index (χ1) is 14.7. The molecular weight excluding hydrogens is 384 g/mol. The fourth-order valence-electron chi connectivity index (χ4n) is 3.08. The van der Waals surface area contributed by atoms with E-state index in [1.165, 1.54) is 0 Å². The molecule has 7 nitrogen and oxygen atoms in total. The quantitative estimate of drug-likeness (QED) is 0.452. The van der Waals surface area contributed by atoms with E-state index in [2.05, 4.69) is 10.5 Å². The standard InChI is InChI=1S/C23H22N2O5/c1-3-27-19-10-9-16(12-20(19)28-4-2)23(26)24-14-17-13-22(30-25-17)21-11-15-7-5-6-8-18(15)29-21/h5-13H,3-4,14H2,1-2H3,(H,24,26). The van der Waals surface area contributed by atoms with Crippen LogP contribution >= 0.6 is 0 Å². The molecule has 0 atom stereocenters. The van der Waals surface area contributed by atoms with Crippen LogP contribution in [-0.4, -0.2) is 24.3 Å². The molecule has 2 heterocycles. The van der Waals surface area contributed by atoms with Gasteiger partial charge in [0.05, 0.1) is 19.8 Å². The van der Waals surface area contributed by atoms with Gasteiger partial charge in [0.2, 0.25) is 5.76 Å². The zero-order valence-corrected chi connectivity index (χ0v) is 16.8. The second kappa shape index (κ2) is 8.73. The van der Waals surface area contributed by atoms with E-state index >= 15 is 0 Å². The zero-order chi connectivity index (χ0) is 20.9. The number of benzene rings is 2. The van der Waals surface area contributed by atoms with E-state index in [0.717, 1.165) is 11.0 Å². The number of ether oxygens (including phenoxy) is 2. The van der Waals surface area contributed by atoms with Gasteiger partial charge in [-0.05, 0) is 44.2 Å². The summed E-state index contributed by atoms with van der Waals surface area (Å²) in [5.41, 5.74) is 1.84. The normalized spacial score (nSPS) is 10.9. The summed E-state index contributed by atoms with van der Waals surface area (Å²) in [6.45, 7) is 5.00. The van der Waals surface area contributed by atoms with Gasteiger partial charge in [-0.2, -0.15) is 0 Å². The van der Waals surface area contributed by atoms with Crippen molar-refractivity contribution in [3.63, 3.8) is 0 Å². The number of aromatic nitrogens is 1. The molecule has 0 saturated carbocycles. The molecule has 0 fully saturated rings. The minimum absolute atomic E-state index is 0.222. The average Bonchev–Trinajstić information content (AvgIpc) is 3.40. The Kier molecular flexibility index (Phi) is 5.70. The first kappa shape index (κ1) is 19.6. The molecule has 30 heavy (non-hydrogen) atoms. The van der Waals surface area contributed by atoms with Crippen molar-refractivity contribution >= 4 is 16.9 Å². The number of para-hydroxylation sites is 1. The van der Waals surface area contributed by atoms with Crippen LogP contribution in [0.25, 0.3) is 22.5 Å². The third-order valence-corrected chi connectivity index (χ3v) is 4.46. The summed E-state index contributed by atoms with van der Waals surface area (Å²) in [5.74, 6) is 2.01. The molecule has 0 unspecified atom stereocenters. The molecule has 0 aliphatic rings. The molecule has 2 aromatic heterocycles. The number of fused-ring (bicyclic) bond motifs is 1. The smallest absolute Gasteiger partial charge is 0.251 e. The fraction of sp³-hybridized carbons (Fsp3) is 0.217. The van der Waals surface area contributed by atoms with E-state index in [-0.39, 0.29) is 12.5 Å². The fourth-order valence-corrected chi connectivity index (χ4v) is 3.08. The van der Waals surface area contributed by atoms with Crippen molar-refractivity contribution in [3.05, 3.63) is 65.9 Å². The van der Waals surface area contributed by atoms with Crippen LogP contribution in [0, 0.1) is 0 Å². The number of amides is 1. The highest BCUT2D eigenvalue weighted by atomic mass is 16.5. The minimum atomic E-state index is -0.243. The number of carbonyl (C=O) groups excluding carboxylic acids is 1. The Bertz CT molecular complexity index is 1130. The van der Waals surface area contributed by atoms with Crippen LogP contribution in [0.2, 0.25) is 0 Å². The summed E-state index contributed by atoms with van der Waals surface area (Å²) >= 11 is 0. The van der Waals surface area contributed by atoms with Crippen LogP contribution in [0.3, 0.4) is 0 Å². The molecule has 154 valence electrons. The lowest BCUT2D eigenvalue weighted by molar-refractivity contribution is 0.0949. The summed E-state index contributed by atoms with van der Waals surface area (Å²) < 4.78 is 22.3. The van der Waals surface area contributed by atoms with Crippen molar-refractivity contribution in [2.45, 2.75) is 20.4 Å². The summed E-state index contributed by atoms with van der Waals surface area (Å²) in [4.78, 5) is 12.6. The van der Waals surface area contributed by atoms with Gasteiger partial charge in [-0.15, -0.1) is 0 Å². The second-order valence-corrected chi connectivity index (χ2v) is 6.54. The Morgan fingerprint density at radius 1 is 0.967 bits per heavy atom. The molecule has 0 saturated heterocycles. The van der Waals surface area contributed by atoms with Crippen LogP contribution in [0.15, 0.2) is 63.5 Å². The van der Waals surface area contributed by atoms with E-state index in [1.54, 1.807) is 24.3 Å². The topological polar surface area (TPSA) is 86.7 Å². The highest BCUT2D eigenvalue weighted by Gasteiger charge is 2.14. The number of nitrogens with zero attached hydrogens (tertiary/aromatic N) is 1. The Balaban J connectivity index is 1.43. The Morgan fingerprint density at radius 2 is 1.77 bits per heavy atom. The van der Waals surface area contributed by atoms with Gasteiger partial charge < -0.3 is 23.7 Å². The lowest BCUT2D eigenvalue weighted by Crippen LogP contribution is -2.23. The average molecular weight is 406 g/mol. The number of furan rings is 1. The molecule has 7 heteroatoms. The maximum atomic E-state index is 12.6. The number of rotatable bonds is 8. The summed E-state index contributed by atoms with van der Waals surface area (Å²) in [5, 5.41) is 7.84. The van der Waals surface area contributed by atoms with Crippen LogP contribution in [0.4, 0.5) is 0 Å². The van der Waals surface area contributed by atoms with Crippen LogP contribution in [-0.2, 0) is 6.54 Å². The number of nitrogens with one attached hydrogen (secondary N) is 1. The third kappa shape index (κ3) is 4.15. The SMILES string of the molecule is CCOc1ccc(C(=O)NCc2cc(-c3cc4ccccc4o3)on2)cc1OCC. The highest BCUT2D eigenvalue weighted by Crippen LogP contribution is 2.29. The van der Waals surface area contributed by atoms with E-state index in [1.807, 2.05) is 44.2 Å². The molecule has 4 rings (SSSR count). The Morgan fingerprint density at radius 3 is 2.57 bits per heavy atom. The molecule has 1 N–H and O–H groups in total. The molecule has 4 aromatic rings. The predicted octanol–water partition coefficient (Wildman–Crippen LogP) is 4.82. The van der Waals surface area contributed by atoms with Crippen LogP contribution in [0.5, 0.6) is 11.5 Å². The van der Waals surface area contributed by atoms with Crippen molar-refractivity contribution in [2.24, 2.45) is 0 Å². The number of hydrogen-bond acceptors (Lipinski definition) is 6. The van der Waals surface area contributed by atoms with E-state index < -0.39 is 0 Å². The van der Waals surface area contributed by atoms with Gasteiger partial charge in [0.25, 0.3) is 5.91 Å². The van der Waals surface area contributed by atoms with Gasteiger partial charge in [0.1, 0.15) is 11.3 Å². The van der Waals surface area contributed by atoms with Crippen LogP contribution < -0.4 is 14.8 Å². The molecule has 1 amide bonds. The minimum Gasteiger partial charge on any atom is -0.490 e. The highest BCUT2D eigenvalue weighted by molar-refractivity contribution is 5.94. The van der Waals surface area contributed by atoms with Crippen molar-refractivity contribution in [3.8, 4) is 23.0 Å². The van der Waals surface area contributed by atoms with Gasteiger partial charge in [0.15, 0.2) is 17.3 Å². The van der Waals surface area contributed by atoms with Crippen molar-refractivity contribution < 1.29 is 23.2 Å². The Hall–Kier alpha value is -3.74. The molecular formula is C23H22N2O5. The predicted molar refractivity (Wildman–Crippen MR) is 112 cm³/mol. The molecule has 0 spiro atoms. The van der Waals surface area contributed by atoms with Gasteiger partial charge in [0, 0.05) is 17.0 Å². The molecule has 2 aromatic carbocycles. The summed E-state index contributed by atoms with van der Waals surface area (Å²) in [6.07, 6.45) is 0. The van der Waals surface area contributed by atoms with Gasteiger partial charge >= 0.3 is 0 Å². The maximum Gasteiger partial charge on any atom is 0.251 e. The number of carbonyl (C=O) groups is 1. The summed E-state index contributed by atoms with van der Waals surface area (Å²) in [6, 6.07) is 16.5. The lowest BCUT2D eigenvalue weighted by Gasteiger charge is -2.12. The van der Waals surface area contributed by atoms with E-state index in [9.17, 15) is 4.79 Å². The lowest BCUT2D eigenvalue weighted by atomic mass is 10.2. The molecule has 0 radical (unpaired) electrons. The first-order valence-electron chi connectivity index (χ1n) is 9.80. The van der Waals surface area contributed by atoms with Gasteiger partial charge in [-0.1, -0.05) is 23.4 Å². The van der Waals surface area contributed by atoms with Gasteiger partial charge in [-0.25, -0.2) is 0 Å². The van der Waals surface area contributed by atoms with Gasteiger partial charge in [-0.3, -0.25) is 4.79 Å². The first-order valence-corrected chi connectivity index (χ1v) is 9.80. The molecule has 0 aliphatic heterocycles. The Labute approximate surface area is 173 Å². The molecule has 0 bridgehead atoms. The van der Waals surface area contributed by atoms with E-state index in [4.69, 9.17) is 18.4 Å². The maximum absolute atomic E-state index is 12.6. The molecule has 0 aliphatic carbocycles. The monoisotopic (exact) mass is 406 g/mol. The van der Waals surface area contributed by atoms with Crippen molar-refractivity contribution in [1.82, 2.24) is 10.5 Å². The van der Waals surface area contributed by atoms with Crippen LogP contribution in [0.1, 0.15) is 29.9 Å². The van der Waals surface area contributed by atoms with E-state index in [0.29, 0.717) is 47.5 Å². The third-order valence-electron chi connectivity index (χ3n) is 4.46. The van der Waals surface area contributed by atoms with Crippen molar-refractivity contribution in [2.75, 3.05) is 13.2 Å². The second-order valence-electron chi connectivity index (χ2n) is 6.54. The largest absolute Gasteiger partial charge is 0.490 e.